The van der Waals surface area contributed by atoms with Crippen LogP contribution < -0.4 is 4.74 Å². The SMILES string of the molecule is Fc1cc(Cl)cc(Br)c1COc1cccc(Cl)n1. The molecule has 0 saturated heterocycles. The summed E-state index contributed by atoms with van der Waals surface area (Å²) in [5.41, 5.74) is 0.376. The van der Waals surface area contributed by atoms with Crippen LogP contribution in [0.5, 0.6) is 5.88 Å². The topological polar surface area (TPSA) is 22.1 Å². The summed E-state index contributed by atoms with van der Waals surface area (Å²) < 4.78 is 19.6. The number of nitrogens with zero attached hydrogens (tertiary/aromatic N) is 1. The Bertz CT molecular complexity index is 557. The normalized spacial score (nSPS) is 10.4. The van der Waals surface area contributed by atoms with Crippen molar-refractivity contribution in [1.82, 2.24) is 4.98 Å². The highest BCUT2D eigenvalue weighted by atomic mass is 79.9. The number of hydrogen-bond donors (Lipinski definition) is 0. The molecule has 1 aromatic carbocycles. The highest BCUT2D eigenvalue weighted by Crippen LogP contribution is 2.26. The van der Waals surface area contributed by atoms with Gasteiger partial charge in [-0.2, -0.15) is 0 Å². The molecule has 0 aliphatic heterocycles. The monoisotopic (exact) mass is 349 g/mol. The lowest BCUT2D eigenvalue weighted by molar-refractivity contribution is 0.287. The Morgan fingerprint density at radius 2 is 2.06 bits per heavy atom. The van der Waals surface area contributed by atoms with Crippen molar-refractivity contribution in [3.8, 4) is 5.88 Å². The Hall–Kier alpha value is -0.840. The summed E-state index contributed by atoms with van der Waals surface area (Å²) in [7, 11) is 0. The largest absolute Gasteiger partial charge is 0.473 e. The fourth-order valence-electron chi connectivity index (χ4n) is 1.33. The van der Waals surface area contributed by atoms with Crippen molar-refractivity contribution in [2.45, 2.75) is 6.61 Å². The second kappa shape index (κ2) is 5.87. The summed E-state index contributed by atoms with van der Waals surface area (Å²) in [5, 5.41) is 0.646. The van der Waals surface area contributed by atoms with Gasteiger partial charge in [-0.25, -0.2) is 9.37 Å². The number of aromatic nitrogens is 1. The van der Waals surface area contributed by atoms with Crippen molar-refractivity contribution in [1.29, 1.82) is 0 Å². The molecule has 0 aliphatic rings. The lowest BCUT2D eigenvalue weighted by atomic mass is 10.2. The van der Waals surface area contributed by atoms with Gasteiger partial charge in [0.05, 0.1) is 0 Å². The Kier molecular flexibility index (Phi) is 4.43. The molecule has 1 heterocycles. The summed E-state index contributed by atoms with van der Waals surface area (Å²) in [6.45, 7) is 0.0386. The van der Waals surface area contributed by atoms with E-state index >= 15 is 0 Å². The predicted molar refractivity (Wildman–Crippen MR) is 72.7 cm³/mol. The zero-order chi connectivity index (χ0) is 13.1. The third-order valence-electron chi connectivity index (χ3n) is 2.16. The lowest BCUT2D eigenvalue weighted by Crippen LogP contribution is -2.01. The van der Waals surface area contributed by atoms with E-state index in [1.165, 1.54) is 6.07 Å². The molecule has 6 heteroatoms. The van der Waals surface area contributed by atoms with Crippen LogP contribution in [0.25, 0.3) is 0 Å². The minimum absolute atomic E-state index is 0.0386. The second-order valence-corrected chi connectivity index (χ2v) is 5.11. The fourth-order valence-corrected chi connectivity index (χ4v) is 2.37. The molecule has 94 valence electrons. The van der Waals surface area contributed by atoms with Gasteiger partial charge >= 0.3 is 0 Å². The molecule has 0 fully saturated rings. The van der Waals surface area contributed by atoms with Gasteiger partial charge in [0.15, 0.2) is 0 Å². The van der Waals surface area contributed by atoms with Gasteiger partial charge < -0.3 is 4.74 Å². The van der Waals surface area contributed by atoms with Crippen molar-refractivity contribution in [2.24, 2.45) is 0 Å². The molecule has 2 nitrogen and oxygen atoms in total. The molecule has 0 unspecified atom stereocenters. The molecule has 1 aromatic heterocycles. The van der Waals surface area contributed by atoms with Crippen LogP contribution in [0.15, 0.2) is 34.8 Å². The van der Waals surface area contributed by atoms with Gasteiger partial charge in [-0.15, -0.1) is 0 Å². The first kappa shape index (κ1) is 13.6. The molecule has 0 spiro atoms. The van der Waals surface area contributed by atoms with Crippen molar-refractivity contribution in [3.05, 3.63) is 56.4 Å². The highest BCUT2D eigenvalue weighted by Gasteiger charge is 2.10. The van der Waals surface area contributed by atoms with Crippen LogP contribution in [0.1, 0.15) is 5.56 Å². The van der Waals surface area contributed by atoms with Crippen molar-refractivity contribution >= 4 is 39.1 Å². The van der Waals surface area contributed by atoms with Crippen LogP contribution in [0.3, 0.4) is 0 Å². The maximum atomic E-state index is 13.7. The van der Waals surface area contributed by atoms with Gasteiger partial charge in [-0.3, -0.25) is 0 Å². The van der Waals surface area contributed by atoms with E-state index in [0.717, 1.165) is 0 Å². The molecular formula is C12H7BrCl2FNO. The molecule has 0 saturated carbocycles. The molecule has 2 rings (SSSR count). The van der Waals surface area contributed by atoms with E-state index in [-0.39, 0.29) is 6.61 Å². The van der Waals surface area contributed by atoms with Gasteiger partial charge in [-0.05, 0) is 18.2 Å². The first-order valence-electron chi connectivity index (χ1n) is 4.95. The van der Waals surface area contributed by atoms with Crippen LogP contribution in [0.2, 0.25) is 10.2 Å². The first-order valence-corrected chi connectivity index (χ1v) is 6.50. The van der Waals surface area contributed by atoms with E-state index in [2.05, 4.69) is 20.9 Å². The van der Waals surface area contributed by atoms with Gasteiger partial charge in [-0.1, -0.05) is 45.2 Å². The van der Waals surface area contributed by atoms with E-state index in [1.807, 2.05) is 0 Å². The van der Waals surface area contributed by atoms with Crippen LogP contribution in [0.4, 0.5) is 4.39 Å². The smallest absolute Gasteiger partial charge is 0.214 e. The van der Waals surface area contributed by atoms with Crippen LogP contribution in [-0.2, 0) is 6.61 Å². The highest BCUT2D eigenvalue weighted by molar-refractivity contribution is 9.10. The lowest BCUT2D eigenvalue weighted by Gasteiger charge is -2.08. The molecule has 0 bridgehead atoms. The second-order valence-electron chi connectivity index (χ2n) is 3.44. The number of halogens is 4. The Morgan fingerprint density at radius 1 is 1.28 bits per heavy atom. The molecule has 0 radical (unpaired) electrons. The molecule has 2 aromatic rings. The molecular weight excluding hydrogens is 344 g/mol. The third-order valence-corrected chi connectivity index (χ3v) is 3.30. The maximum Gasteiger partial charge on any atom is 0.214 e. The van der Waals surface area contributed by atoms with E-state index < -0.39 is 5.82 Å². The van der Waals surface area contributed by atoms with E-state index in [9.17, 15) is 4.39 Å². The number of pyridine rings is 1. The molecule has 0 aliphatic carbocycles. The zero-order valence-electron chi connectivity index (χ0n) is 8.96. The number of rotatable bonds is 3. The van der Waals surface area contributed by atoms with E-state index in [4.69, 9.17) is 27.9 Å². The van der Waals surface area contributed by atoms with Crippen molar-refractivity contribution < 1.29 is 9.13 Å². The Morgan fingerprint density at radius 3 is 2.72 bits per heavy atom. The standard InChI is InChI=1S/C12H7BrCl2FNO/c13-9-4-7(14)5-10(16)8(9)6-18-12-3-1-2-11(15)17-12/h1-5H,6H2. The average Bonchev–Trinajstić information content (AvgIpc) is 2.27. The number of ether oxygens (including phenoxy) is 1. The molecule has 0 amide bonds. The van der Waals surface area contributed by atoms with Gasteiger partial charge in [0.25, 0.3) is 0 Å². The molecule has 0 N–H and O–H groups in total. The van der Waals surface area contributed by atoms with Gasteiger partial charge in [0, 0.05) is 21.1 Å². The van der Waals surface area contributed by atoms with Gasteiger partial charge in [0.1, 0.15) is 17.6 Å². The number of hydrogen-bond acceptors (Lipinski definition) is 2. The summed E-state index contributed by atoms with van der Waals surface area (Å²) in [5.74, 6) is -0.0971. The van der Waals surface area contributed by atoms with E-state index in [0.29, 0.717) is 26.1 Å². The molecule has 18 heavy (non-hydrogen) atoms. The van der Waals surface area contributed by atoms with E-state index in [1.54, 1.807) is 24.3 Å². The summed E-state index contributed by atoms with van der Waals surface area (Å²) in [6, 6.07) is 7.82. The molecule has 0 atom stereocenters. The average molecular weight is 351 g/mol. The number of benzene rings is 1. The third kappa shape index (κ3) is 3.34. The van der Waals surface area contributed by atoms with Crippen LogP contribution in [0, 0.1) is 5.82 Å². The minimum atomic E-state index is -0.434. The Balaban J connectivity index is 2.16. The quantitative estimate of drug-likeness (QED) is 0.737. The first-order chi connectivity index (χ1) is 8.56. The maximum absolute atomic E-state index is 13.7. The van der Waals surface area contributed by atoms with Crippen LogP contribution in [-0.4, -0.2) is 4.98 Å². The summed E-state index contributed by atoms with van der Waals surface area (Å²) in [4.78, 5) is 3.94. The van der Waals surface area contributed by atoms with Gasteiger partial charge in [0.2, 0.25) is 5.88 Å². The summed E-state index contributed by atoms with van der Waals surface area (Å²) >= 11 is 14.7. The zero-order valence-corrected chi connectivity index (χ0v) is 12.1. The summed E-state index contributed by atoms with van der Waals surface area (Å²) in [6.07, 6.45) is 0. The van der Waals surface area contributed by atoms with Crippen molar-refractivity contribution in [2.75, 3.05) is 0 Å². The Labute approximate surface area is 122 Å². The van der Waals surface area contributed by atoms with Crippen molar-refractivity contribution in [3.63, 3.8) is 0 Å². The predicted octanol–water partition coefficient (Wildman–Crippen LogP) is 4.87. The fraction of sp³-hybridized carbons (Fsp3) is 0.0833. The minimum Gasteiger partial charge on any atom is -0.473 e. The van der Waals surface area contributed by atoms with Crippen LogP contribution >= 0.6 is 39.1 Å².